The molecule has 1 aromatic heterocycles. The maximum absolute atomic E-state index is 6.03. The molecule has 18 heavy (non-hydrogen) atoms. The Balaban J connectivity index is 2.13. The zero-order valence-corrected chi connectivity index (χ0v) is 12.1. The number of aromatic nitrogens is 2. The van der Waals surface area contributed by atoms with Gasteiger partial charge in [-0.3, -0.25) is 0 Å². The Labute approximate surface area is 119 Å². The highest BCUT2D eigenvalue weighted by molar-refractivity contribution is 9.10. The number of nitrogens with zero attached hydrogens (tertiary/aromatic N) is 2. The molecule has 0 fully saturated rings. The molecule has 0 atom stereocenters. The smallest absolute Gasteiger partial charge is 0.224 e. The van der Waals surface area contributed by atoms with Crippen LogP contribution in [-0.4, -0.2) is 17.0 Å². The van der Waals surface area contributed by atoms with E-state index in [2.05, 4.69) is 36.5 Å². The minimum atomic E-state index is 0.501. The van der Waals surface area contributed by atoms with Gasteiger partial charge >= 0.3 is 0 Å². The van der Waals surface area contributed by atoms with Crippen LogP contribution in [0.2, 0.25) is 5.02 Å². The summed E-state index contributed by atoms with van der Waals surface area (Å²) >= 11 is 9.53. The average molecular weight is 328 g/mol. The van der Waals surface area contributed by atoms with E-state index in [1.54, 1.807) is 13.2 Å². The Morgan fingerprint density at radius 3 is 2.83 bits per heavy atom. The molecule has 0 saturated carbocycles. The molecular formula is C12H12BrClN4. The molecule has 2 aromatic rings. The lowest BCUT2D eigenvalue weighted by atomic mass is 10.2. The fraction of sp³-hybridized carbons (Fsp3) is 0.167. The zero-order valence-electron chi connectivity index (χ0n) is 9.74. The Morgan fingerprint density at radius 2 is 2.11 bits per heavy atom. The van der Waals surface area contributed by atoms with Crippen molar-refractivity contribution in [1.29, 1.82) is 0 Å². The number of nitrogens with one attached hydrogen (secondary N) is 2. The quantitative estimate of drug-likeness (QED) is 0.902. The summed E-state index contributed by atoms with van der Waals surface area (Å²) < 4.78 is 1.05. The second-order valence-electron chi connectivity index (χ2n) is 3.59. The Kier molecular flexibility index (Phi) is 4.38. The molecule has 0 aliphatic rings. The first-order valence-corrected chi connectivity index (χ1v) is 6.55. The van der Waals surface area contributed by atoms with Crippen molar-refractivity contribution in [1.82, 2.24) is 9.97 Å². The van der Waals surface area contributed by atoms with E-state index in [0.717, 1.165) is 10.0 Å². The largest absolute Gasteiger partial charge is 0.365 e. The number of hydrogen-bond acceptors (Lipinski definition) is 4. The Hall–Kier alpha value is -1.33. The van der Waals surface area contributed by atoms with Crippen LogP contribution >= 0.6 is 27.5 Å². The lowest BCUT2D eigenvalue weighted by Crippen LogP contribution is -2.05. The normalized spacial score (nSPS) is 10.2. The Bertz CT molecular complexity index is 547. The van der Waals surface area contributed by atoms with Crippen LogP contribution < -0.4 is 10.6 Å². The molecule has 0 amide bonds. The van der Waals surface area contributed by atoms with Crippen LogP contribution in [0.5, 0.6) is 0 Å². The summed E-state index contributed by atoms with van der Waals surface area (Å²) in [6.45, 7) is 0.640. The minimum Gasteiger partial charge on any atom is -0.365 e. The van der Waals surface area contributed by atoms with Crippen LogP contribution in [0.3, 0.4) is 0 Å². The summed E-state index contributed by atoms with van der Waals surface area (Å²) in [7, 11) is 1.76. The molecule has 0 radical (unpaired) electrons. The third-order valence-electron chi connectivity index (χ3n) is 2.37. The maximum Gasteiger partial charge on any atom is 0.224 e. The molecule has 6 heteroatoms. The van der Waals surface area contributed by atoms with Crippen LogP contribution in [-0.2, 0) is 6.54 Å². The van der Waals surface area contributed by atoms with Gasteiger partial charge in [-0.15, -0.1) is 0 Å². The number of halogens is 2. The van der Waals surface area contributed by atoms with Gasteiger partial charge in [0.05, 0.1) is 6.20 Å². The van der Waals surface area contributed by atoms with Crippen molar-refractivity contribution in [3.8, 4) is 0 Å². The van der Waals surface area contributed by atoms with Gasteiger partial charge in [-0.2, -0.15) is 4.98 Å². The predicted octanol–water partition coefficient (Wildman–Crippen LogP) is 3.55. The van der Waals surface area contributed by atoms with Crippen molar-refractivity contribution in [3.63, 3.8) is 0 Å². The summed E-state index contributed by atoms with van der Waals surface area (Å²) in [6, 6.07) is 8.00. The number of anilines is 2. The van der Waals surface area contributed by atoms with Crippen molar-refractivity contribution >= 4 is 39.3 Å². The second kappa shape index (κ2) is 6.02. The number of hydrogen-bond donors (Lipinski definition) is 2. The van der Waals surface area contributed by atoms with Crippen molar-refractivity contribution < 1.29 is 0 Å². The molecule has 0 aliphatic carbocycles. The minimum absolute atomic E-state index is 0.501. The predicted molar refractivity (Wildman–Crippen MR) is 78.1 cm³/mol. The van der Waals surface area contributed by atoms with Crippen LogP contribution in [0.1, 0.15) is 5.56 Å². The highest BCUT2D eigenvalue weighted by Crippen LogP contribution is 2.22. The van der Waals surface area contributed by atoms with Crippen LogP contribution in [0.25, 0.3) is 0 Å². The van der Waals surface area contributed by atoms with Crippen LogP contribution in [0.15, 0.2) is 34.9 Å². The molecule has 0 bridgehead atoms. The average Bonchev–Trinajstić information content (AvgIpc) is 2.39. The highest BCUT2D eigenvalue weighted by atomic mass is 79.9. The molecular weight excluding hydrogens is 316 g/mol. The summed E-state index contributed by atoms with van der Waals surface area (Å²) in [5, 5.41) is 6.57. The van der Waals surface area contributed by atoms with Gasteiger partial charge in [0.1, 0.15) is 5.02 Å². The van der Waals surface area contributed by atoms with E-state index in [1.807, 2.05) is 24.3 Å². The van der Waals surface area contributed by atoms with E-state index >= 15 is 0 Å². The van der Waals surface area contributed by atoms with Crippen molar-refractivity contribution in [2.75, 3.05) is 17.7 Å². The van der Waals surface area contributed by atoms with Crippen LogP contribution in [0, 0.1) is 0 Å². The first kappa shape index (κ1) is 13.1. The molecule has 0 unspecified atom stereocenters. The van der Waals surface area contributed by atoms with Crippen LogP contribution in [0.4, 0.5) is 11.8 Å². The van der Waals surface area contributed by atoms with Crippen molar-refractivity contribution in [3.05, 3.63) is 45.5 Å². The summed E-state index contributed by atoms with van der Waals surface area (Å²) in [4.78, 5) is 8.28. The van der Waals surface area contributed by atoms with E-state index in [4.69, 9.17) is 11.6 Å². The fourth-order valence-electron chi connectivity index (χ4n) is 1.43. The van der Waals surface area contributed by atoms with Crippen molar-refractivity contribution in [2.45, 2.75) is 6.54 Å². The summed E-state index contributed by atoms with van der Waals surface area (Å²) in [5.74, 6) is 1.15. The van der Waals surface area contributed by atoms with Gasteiger partial charge in [0.15, 0.2) is 5.82 Å². The standard InChI is InChI=1S/C12H12BrClN4/c1-15-12-17-7-10(14)11(18-12)16-6-8-4-2-3-5-9(8)13/h2-5,7H,6H2,1H3,(H2,15,16,17,18). The first-order valence-electron chi connectivity index (χ1n) is 5.38. The summed E-state index contributed by atoms with van der Waals surface area (Å²) in [6.07, 6.45) is 1.57. The third kappa shape index (κ3) is 3.11. The SMILES string of the molecule is CNc1ncc(Cl)c(NCc2ccccc2Br)n1. The van der Waals surface area contributed by atoms with Gasteiger partial charge in [0.25, 0.3) is 0 Å². The third-order valence-corrected chi connectivity index (χ3v) is 3.42. The topological polar surface area (TPSA) is 49.8 Å². The molecule has 0 aliphatic heterocycles. The van der Waals surface area contributed by atoms with Gasteiger partial charge in [0, 0.05) is 18.1 Å². The monoisotopic (exact) mass is 326 g/mol. The highest BCUT2D eigenvalue weighted by Gasteiger charge is 2.05. The summed E-state index contributed by atoms with van der Waals surface area (Å²) in [5.41, 5.74) is 1.14. The molecule has 1 heterocycles. The zero-order chi connectivity index (χ0) is 13.0. The van der Waals surface area contributed by atoms with Gasteiger partial charge in [0.2, 0.25) is 5.95 Å². The van der Waals surface area contributed by atoms with Gasteiger partial charge in [-0.05, 0) is 11.6 Å². The lowest BCUT2D eigenvalue weighted by Gasteiger charge is -2.09. The molecule has 1 aromatic carbocycles. The molecule has 4 nitrogen and oxygen atoms in total. The molecule has 0 saturated heterocycles. The van der Waals surface area contributed by atoms with E-state index in [9.17, 15) is 0 Å². The molecule has 2 rings (SSSR count). The second-order valence-corrected chi connectivity index (χ2v) is 4.85. The van der Waals surface area contributed by atoms with E-state index in [0.29, 0.717) is 23.3 Å². The molecule has 94 valence electrons. The number of rotatable bonds is 4. The maximum atomic E-state index is 6.03. The van der Waals surface area contributed by atoms with E-state index < -0.39 is 0 Å². The molecule has 2 N–H and O–H groups in total. The van der Waals surface area contributed by atoms with E-state index in [-0.39, 0.29) is 0 Å². The van der Waals surface area contributed by atoms with Gasteiger partial charge in [-0.1, -0.05) is 45.7 Å². The first-order chi connectivity index (χ1) is 8.70. The Morgan fingerprint density at radius 1 is 1.33 bits per heavy atom. The molecule has 0 spiro atoms. The van der Waals surface area contributed by atoms with Gasteiger partial charge < -0.3 is 10.6 Å². The lowest BCUT2D eigenvalue weighted by molar-refractivity contribution is 1.07. The van der Waals surface area contributed by atoms with E-state index in [1.165, 1.54) is 0 Å². The van der Waals surface area contributed by atoms with Crippen molar-refractivity contribution in [2.24, 2.45) is 0 Å². The number of benzene rings is 1. The fourth-order valence-corrected chi connectivity index (χ4v) is 2.02. The van der Waals surface area contributed by atoms with Gasteiger partial charge in [-0.25, -0.2) is 4.98 Å².